The first-order chi connectivity index (χ1) is 12.1. The van der Waals surface area contributed by atoms with E-state index in [1.54, 1.807) is 0 Å². The van der Waals surface area contributed by atoms with Crippen molar-refractivity contribution >= 4 is 34.0 Å². The number of allylic oxidation sites excluding steroid dienone is 1. The van der Waals surface area contributed by atoms with Gasteiger partial charge >= 0.3 is 0 Å². The van der Waals surface area contributed by atoms with E-state index in [0.29, 0.717) is 16.3 Å². The van der Waals surface area contributed by atoms with E-state index in [1.807, 2.05) is 74.5 Å². The lowest BCUT2D eigenvalue weighted by atomic mass is 10.00. The Labute approximate surface area is 152 Å². The molecule has 0 aliphatic heterocycles. The standard InChI is InChI=1S/C22H18ClNO/c1-15(2)25-22-10-7-16(12-21(22)23)11-20(14-24)19-9-8-17-5-3-4-6-18(17)13-19/h3-13,15H,1-2H3/b20-11-. The molecule has 0 unspecified atom stereocenters. The third-order valence-corrected chi connectivity index (χ3v) is 4.11. The number of hydrogen-bond acceptors (Lipinski definition) is 2. The van der Waals surface area contributed by atoms with Crippen molar-refractivity contribution in [3.8, 4) is 11.8 Å². The van der Waals surface area contributed by atoms with Gasteiger partial charge < -0.3 is 4.74 Å². The van der Waals surface area contributed by atoms with Crippen LogP contribution in [0, 0.1) is 11.3 Å². The maximum Gasteiger partial charge on any atom is 0.138 e. The minimum atomic E-state index is 0.0613. The molecule has 0 N–H and O–H groups in total. The van der Waals surface area contributed by atoms with E-state index in [4.69, 9.17) is 16.3 Å². The van der Waals surface area contributed by atoms with Crippen molar-refractivity contribution in [2.24, 2.45) is 0 Å². The van der Waals surface area contributed by atoms with Gasteiger partial charge in [0.25, 0.3) is 0 Å². The van der Waals surface area contributed by atoms with Gasteiger partial charge in [0.15, 0.2) is 0 Å². The molecular formula is C22H18ClNO. The molecule has 0 radical (unpaired) electrons. The summed E-state index contributed by atoms with van der Waals surface area (Å²) in [5, 5.41) is 12.4. The van der Waals surface area contributed by atoms with E-state index in [1.165, 1.54) is 0 Å². The van der Waals surface area contributed by atoms with Gasteiger partial charge in [0.2, 0.25) is 0 Å². The predicted molar refractivity (Wildman–Crippen MR) is 105 cm³/mol. The molecule has 3 aromatic carbocycles. The summed E-state index contributed by atoms with van der Waals surface area (Å²) < 4.78 is 5.65. The molecule has 2 nitrogen and oxygen atoms in total. The Bertz CT molecular complexity index is 983. The summed E-state index contributed by atoms with van der Waals surface area (Å²) in [5.41, 5.74) is 2.35. The highest BCUT2D eigenvalue weighted by atomic mass is 35.5. The molecule has 0 amide bonds. The Morgan fingerprint density at radius 1 is 1.04 bits per heavy atom. The zero-order valence-electron chi connectivity index (χ0n) is 14.2. The third kappa shape index (κ3) is 4.02. The van der Waals surface area contributed by atoms with Crippen molar-refractivity contribution in [1.82, 2.24) is 0 Å². The fraction of sp³-hybridized carbons (Fsp3) is 0.136. The monoisotopic (exact) mass is 347 g/mol. The second-order valence-corrected chi connectivity index (χ2v) is 6.50. The van der Waals surface area contributed by atoms with Crippen LogP contribution in [0.4, 0.5) is 0 Å². The summed E-state index contributed by atoms with van der Waals surface area (Å²) in [6.07, 6.45) is 1.90. The van der Waals surface area contributed by atoms with E-state index >= 15 is 0 Å². The summed E-state index contributed by atoms with van der Waals surface area (Å²) in [6.45, 7) is 3.91. The van der Waals surface area contributed by atoms with Crippen LogP contribution in [0.1, 0.15) is 25.0 Å². The van der Waals surface area contributed by atoms with Gasteiger partial charge in [-0.15, -0.1) is 0 Å². The Morgan fingerprint density at radius 3 is 2.48 bits per heavy atom. The molecule has 3 rings (SSSR count). The van der Waals surface area contributed by atoms with Gasteiger partial charge in [0.1, 0.15) is 5.75 Å². The number of hydrogen-bond donors (Lipinski definition) is 0. The predicted octanol–water partition coefficient (Wildman–Crippen LogP) is 6.34. The van der Waals surface area contributed by atoms with Crippen molar-refractivity contribution < 1.29 is 4.74 Å². The van der Waals surface area contributed by atoms with E-state index in [-0.39, 0.29) is 6.10 Å². The van der Waals surface area contributed by atoms with Crippen molar-refractivity contribution in [3.63, 3.8) is 0 Å². The highest BCUT2D eigenvalue weighted by Gasteiger charge is 2.07. The minimum absolute atomic E-state index is 0.0613. The average Bonchev–Trinajstić information content (AvgIpc) is 2.61. The first-order valence-electron chi connectivity index (χ1n) is 8.14. The first-order valence-corrected chi connectivity index (χ1v) is 8.52. The summed E-state index contributed by atoms with van der Waals surface area (Å²) in [6, 6.07) is 22.0. The molecule has 3 aromatic rings. The maximum absolute atomic E-state index is 9.58. The van der Waals surface area contributed by atoms with Gasteiger partial charge in [0.05, 0.1) is 22.8 Å². The molecule has 0 aliphatic rings. The number of benzene rings is 3. The van der Waals surface area contributed by atoms with Crippen LogP contribution < -0.4 is 4.74 Å². The molecule has 0 atom stereocenters. The van der Waals surface area contributed by atoms with E-state index in [0.717, 1.165) is 21.9 Å². The van der Waals surface area contributed by atoms with E-state index in [9.17, 15) is 5.26 Å². The second-order valence-electron chi connectivity index (χ2n) is 6.09. The number of nitriles is 1. The van der Waals surface area contributed by atoms with Crippen molar-refractivity contribution in [1.29, 1.82) is 5.26 Å². The molecule has 0 spiro atoms. The summed E-state index contributed by atoms with van der Waals surface area (Å²) in [7, 11) is 0. The Hall–Kier alpha value is -2.76. The molecule has 124 valence electrons. The fourth-order valence-electron chi connectivity index (χ4n) is 2.66. The van der Waals surface area contributed by atoms with E-state index < -0.39 is 0 Å². The topological polar surface area (TPSA) is 33.0 Å². The van der Waals surface area contributed by atoms with Crippen LogP contribution >= 0.6 is 11.6 Å². The number of ether oxygens (including phenoxy) is 1. The van der Waals surface area contributed by atoms with Crippen LogP contribution in [-0.2, 0) is 0 Å². The van der Waals surface area contributed by atoms with Gasteiger partial charge in [-0.05, 0) is 60.0 Å². The number of fused-ring (bicyclic) bond motifs is 1. The molecule has 0 fully saturated rings. The van der Waals surface area contributed by atoms with Crippen LogP contribution in [0.2, 0.25) is 5.02 Å². The van der Waals surface area contributed by atoms with Gasteiger partial charge in [0, 0.05) is 0 Å². The maximum atomic E-state index is 9.58. The molecule has 0 aromatic heterocycles. The lowest BCUT2D eigenvalue weighted by Crippen LogP contribution is -2.05. The smallest absolute Gasteiger partial charge is 0.138 e. The largest absolute Gasteiger partial charge is 0.489 e. The summed E-state index contributed by atoms with van der Waals surface area (Å²) in [5.74, 6) is 0.651. The molecule has 0 saturated heterocycles. The zero-order valence-corrected chi connectivity index (χ0v) is 14.9. The van der Waals surface area contributed by atoms with Crippen molar-refractivity contribution in [3.05, 3.63) is 76.8 Å². The van der Waals surface area contributed by atoms with Gasteiger partial charge in [-0.3, -0.25) is 0 Å². The van der Waals surface area contributed by atoms with Crippen molar-refractivity contribution in [2.75, 3.05) is 0 Å². The minimum Gasteiger partial charge on any atom is -0.489 e. The fourth-order valence-corrected chi connectivity index (χ4v) is 2.89. The molecular weight excluding hydrogens is 330 g/mol. The first kappa shape index (κ1) is 17.1. The highest BCUT2D eigenvalue weighted by molar-refractivity contribution is 6.32. The number of halogens is 1. The molecule has 0 saturated carbocycles. The average molecular weight is 348 g/mol. The second kappa shape index (κ2) is 7.42. The Morgan fingerprint density at radius 2 is 1.80 bits per heavy atom. The van der Waals surface area contributed by atoms with Gasteiger partial charge in [-0.25, -0.2) is 0 Å². The van der Waals surface area contributed by atoms with Crippen LogP contribution in [-0.4, -0.2) is 6.10 Å². The van der Waals surface area contributed by atoms with Crippen LogP contribution in [0.25, 0.3) is 22.4 Å². The molecule has 25 heavy (non-hydrogen) atoms. The molecule has 0 aliphatic carbocycles. The van der Waals surface area contributed by atoms with E-state index in [2.05, 4.69) is 12.1 Å². The lowest BCUT2D eigenvalue weighted by molar-refractivity contribution is 0.242. The SMILES string of the molecule is CC(C)Oc1ccc(/C=C(/C#N)c2ccc3ccccc3c2)cc1Cl. The number of nitrogens with zero attached hydrogens (tertiary/aromatic N) is 1. The van der Waals surface area contributed by atoms with Crippen LogP contribution in [0.5, 0.6) is 5.75 Å². The molecule has 3 heteroatoms. The van der Waals surface area contributed by atoms with Crippen molar-refractivity contribution in [2.45, 2.75) is 20.0 Å². The van der Waals surface area contributed by atoms with Crippen LogP contribution in [0.3, 0.4) is 0 Å². The zero-order chi connectivity index (χ0) is 17.8. The number of rotatable bonds is 4. The quantitative estimate of drug-likeness (QED) is 0.407. The normalized spacial score (nSPS) is 11.6. The Kier molecular flexibility index (Phi) is 5.07. The highest BCUT2D eigenvalue weighted by Crippen LogP contribution is 2.29. The summed E-state index contributed by atoms with van der Waals surface area (Å²) >= 11 is 6.29. The molecule has 0 bridgehead atoms. The Balaban J connectivity index is 1.97. The van der Waals surface area contributed by atoms with Crippen LogP contribution in [0.15, 0.2) is 60.7 Å². The van der Waals surface area contributed by atoms with Gasteiger partial charge in [-0.1, -0.05) is 54.1 Å². The van der Waals surface area contributed by atoms with Gasteiger partial charge in [-0.2, -0.15) is 5.26 Å². The molecule has 0 heterocycles. The summed E-state index contributed by atoms with van der Waals surface area (Å²) in [4.78, 5) is 0. The third-order valence-electron chi connectivity index (χ3n) is 3.81. The lowest BCUT2D eigenvalue weighted by Gasteiger charge is -2.11.